The summed E-state index contributed by atoms with van der Waals surface area (Å²) in [5.41, 5.74) is 0.724. The van der Waals surface area contributed by atoms with Crippen molar-refractivity contribution < 1.29 is 25.2 Å². The number of aliphatic carboxylic acids is 1. The first-order valence-corrected chi connectivity index (χ1v) is 18.6. The number of carbonyl (C=O) groups is 1. The molecule has 0 heterocycles. The Hall–Kier alpha value is -2.18. The third-order valence-corrected chi connectivity index (χ3v) is 17.8. The third-order valence-electron chi connectivity index (χ3n) is 7.09. The van der Waals surface area contributed by atoms with Crippen LogP contribution in [0.5, 0.6) is 0 Å². The van der Waals surface area contributed by atoms with E-state index in [4.69, 9.17) is 11.6 Å². The van der Waals surface area contributed by atoms with Crippen LogP contribution in [0.4, 0.5) is 0 Å². The number of hydrogen-bond acceptors (Lipinski definition) is 6. The van der Waals surface area contributed by atoms with E-state index in [9.17, 15) is 25.2 Å². The predicted octanol–water partition coefficient (Wildman–Crippen LogP) is -0.668. The van der Waals surface area contributed by atoms with E-state index in [2.05, 4.69) is 36.4 Å². The number of nitrogens with zero attached hydrogens (tertiary/aromatic N) is 1. The SMILES string of the molecule is O=C([O-])C([CH2][Ge]([c]1ccccc1)([c]1ccccc1)[c]1ccccc1)c1ccc(Cl)cc1.[O-]CCN(CC[O-])CC[O-].[Sn+4]. The van der Waals surface area contributed by atoms with Crippen LogP contribution in [0, 0.1) is 0 Å². The van der Waals surface area contributed by atoms with Crippen molar-refractivity contribution in [2.75, 3.05) is 39.5 Å². The van der Waals surface area contributed by atoms with E-state index in [0.717, 1.165) is 5.56 Å². The molecule has 0 aliphatic carbocycles. The molecule has 0 saturated carbocycles. The molecule has 0 radical (unpaired) electrons. The van der Waals surface area contributed by atoms with Crippen LogP contribution in [0.15, 0.2) is 115 Å². The average Bonchev–Trinajstić information content (AvgIpc) is 3.00. The van der Waals surface area contributed by atoms with Crippen LogP contribution in [0.3, 0.4) is 0 Å². The minimum absolute atomic E-state index is 0. The zero-order chi connectivity index (χ0) is 29.5. The number of halogens is 1. The first-order chi connectivity index (χ1) is 20.0. The molecular formula is C33H34ClGeNO5Sn. The van der Waals surface area contributed by atoms with E-state index >= 15 is 0 Å². The smallest absolute Gasteiger partial charge is 0.854 e. The van der Waals surface area contributed by atoms with E-state index in [1.165, 1.54) is 13.2 Å². The molecule has 0 aliphatic rings. The monoisotopic (exact) mass is 753 g/mol. The van der Waals surface area contributed by atoms with Gasteiger partial charge in [0.25, 0.3) is 0 Å². The Balaban J connectivity index is 0.000000483. The minimum atomic E-state index is -3.41. The van der Waals surface area contributed by atoms with Crippen LogP contribution in [0.25, 0.3) is 0 Å². The third kappa shape index (κ3) is 9.94. The summed E-state index contributed by atoms with van der Waals surface area (Å²) in [6.07, 6.45) is 0. The molecule has 0 bridgehead atoms. The van der Waals surface area contributed by atoms with Crippen molar-refractivity contribution >= 4 is 67.9 Å². The molecule has 0 aliphatic heterocycles. The first kappa shape index (κ1) is 36.0. The summed E-state index contributed by atoms with van der Waals surface area (Å²) in [6, 6.07) is 38.2. The van der Waals surface area contributed by atoms with E-state index < -0.39 is 25.2 Å². The molecular weight excluding hydrogens is 717 g/mol. The molecule has 0 N–H and O–H groups in total. The molecule has 42 heavy (non-hydrogen) atoms. The van der Waals surface area contributed by atoms with Gasteiger partial charge in [-0.2, -0.15) is 0 Å². The molecule has 0 aromatic heterocycles. The van der Waals surface area contributed by atoms with Gasteiger partial charge in [-0.05, 0) is 19.6 Å². The number of benzene rings is 4. The van der Waals surface area contributed by atoms with Gasteiger partial charge in [-0.3, -0.25) is 0 Å². The van der Waals surface area contributed by atoms with Crippen LogP contribution in [0.1, 0.15) is 11.5 Å². The Morgan fingerprint density at radius 1 is 0.643 bits per heavy atom. The Labute approximate surface area is 272 Å². The second-order valence-corrected chi connectivity index (χ2v) is 18.3. The van der Waals surface area contributed by atoms with Crippen LogP contribution in [0.2, 0.25) is 10.3 Å². The molecule has 0 saturated heterocycles. The van der Waals surface area contributed by atoms with Gasteiger partial charge >= 0.3 is 215 Å². The summed E-state index contributed by atoms with van der Waals surface area (Å²) in [4.78, 5) is 14.0. The Bertz CT molecular complexity index is 1190. The molecule has 9 heteroatoms. The maximum atomic E-state index is 12.4. The molecule has 0 spiro atoms. The van der Waals surface area contributed by atoms with Gasteiger partial charge in [0.1, 0.15) is 0 Å². The fourth-order valence-corrected chi connectivity index (χ4v) is 15.7. The molecule has 4 aromatic carbocycles. The summed E-state index contributed by atoms with van der Waals surface area (Å²) >= 11 is 2.66. The standard InChI is InChI=1S/C27H23ClGeO2.C6H12NO3.Sn/c28-22-18-16-21(17-19-22)26(27(30)31)20-29(23-10-4-1-5-11-23,24-12-6-2-7-13-24)25-14-8-3-9-15-25;8-4-1-7(2-5-9)3-6-10;/h1-19,26H,20H2,(H,30,31);1-6H2;/q;-3;+4/p-1. The predicted molar refractivity (Wildman–Crippen MR) is 165 cm³/mol. The van der Waals surface area contributed by atoms with Gasteiger partial charge in [0.2, 0.25) is 0 Å². The fraction of sp³-hybridized carbons (Fsp3) is 0.242. The van der Waals surface area contributed by atoms with Crippen molar-refractivity contribution in [1.82, 2.24) is 4.90 Å². The minimum Gasteiger partial charge on any atom is -0.854 e. The van der Waals surface area contributed by atoms with Gasteiger partial charge in [-0.15, -0.1) is 19.8 Å². The first-order valence-electron chi connectivity index (χ1n) is 13.6. The van der Waals surface area contributed by atoms with Gasteiger partial charge in [-0.25, -0.2) is 0 Å². The topological polar surface area (TPSA) is 113 Å². The molecule has 4 aromatic rings. The van der Waals surface area contributed by atoms with E-state index in [1.54, 1.807) is 29.2 Å². The van der Waals surface area contributed by atoms with Crippen molar-refractivity contribution in [3.63, 3.8) is 0 Å². The summed E-state index contributed by atoms with van der Waals surface area (Å²) in [7, 11) is 0. The normalized spacial score (nSPS) is 11.6. The van der Waals surface area contributed by atoms with E-state index in [1.807, 2.05) is 54.6 Å². The maximum Gasteiger partial charge on any atom is 4.00 e. The second kappa shape index (κ2) is 19.2. The van der Waals surface area contributed by atoms with E-state index in [0.29, 0.717) is 29.9 Å². The molecule has 216 valence electrons. The van der Waals surface area contributed by atoms with Gasteiger partial charge in [0.15, 0.2) is 0 Å². The van der Waals surface area contributed by atoms with Crippen LogP contribution in [-0.2, 0) is 4.79 Å². The number of hydrogen-bond donors (Lipinski definition) is 0. The van der Waals surface area contributed by atoms with Crippen molar-refractivity contribution in [2.45, 2.75) is 11.2 Å². The van der Waals surface area contributed by atoms with Crippen LogP contribution in [-0.4, -0.2) is 87.5 Å². The molecule has 0 fully saturated rings. The van der Waals surface area contributed by atoms with Gasteiger partial charge in [-0.1, -0.05) is 0 Å². The fourth-order valence-electron chi connectivity index (χ4n) is 5.08. The maximum absolute atomic E-state index is 12.4. The summed E-state index contributed by atoms with van der Waals surface area (Å²) in [5.74, 6) is -1.79. The van der Waals surface area contributed by atoms with Crippen molar-refractivity contribution in [1.29, 1.82) is 0 Å². The van der Waals surface area contributed by atoms with E-state index in [-0.39, 0.29) is 43.7 Å². The van der Waals surface area contributed by atoms with Crippen molar-refractivity contribution in [3.8, 4) is 0 Å². The Morgan fingerprint density at radius 2 is 1.00 bits per heavy atom. The number of carboxylic acid groups (broad SMARTS) is 1. The molecule has 0 amide bonds. The van der Waals surface area contributed by atoms with Gasteiger partial charge in [0.05, 0.1) is 0 Å². The number of carboxylic acids is 1. The quantitative estimate of drug-likeness (QED) is 0.168. The van der Waals surface area contributed by atoms with Crippen LogP contribution < -0.4 is 33.6 Å². The van der Waals surface area contributed by atoms with Gasteiger partial charge < -0.3 is 20.2 Å². The average molecular weight is 751 g/mol. The summed E-state index contributed by atoms with van der Waals surface area (Å²) < 4.78 is 3.67. The molecule has 1 atom stereocenters. The van der Waals surface area contributed by atoms with Crippen molar-refractivity contribution in [3.05, 3.63) is 126 Å². The molecule has 4 rings (SSSR count). The zero-order valence-electron chi connectivity index (χ0n) is 23.4. The van der Waals surface area contributed by atoms with Gasteiger partial charge in [0, 0.05) is 0 Å². The second-order valence-electron chi connectivity index (χ2n) is 9.58. The van der Waals surface area contributed by atoms with Crippen molar-refractivity contribution in [2.24, 2.45) is 0 Å². The zero-order valence-corrected chi connectivity index (χ0v) is 29.1. The number of carbonyl (C=O) groups excluding carboxylic acids is 1. The van der Waals surface area contributed by atoms with Crippen LogP contribution >= 0.6 is 11.6 Å². The summed E-state index contributed by atoms with van der Waals surface area (Å²) in [6.45, 7) is 0.263. The molecule has 6 nitrogen and oxygen atoms in total. The molecule has 1 unspecified atom stereocenters. The number of rotatable bonds is 13. The largest absolute Gasteiger partial charge is 4.00 e. The Morgan fingerprint density at radius 3 is 1.31 bits per heavy atom. The summed E-state index contributed by atoms with van der Waals surface area (Å²) in [5, 5.41) is 43.7. The Kier molecular flexibility index (Phi) is 16.4.